The summed E-state index contributed by atoms with van der Waals surface area (Å²) in [4.78, 5) is 17.4. The Labute approximate surface area is 118 Å². The van der Waals surface area contributed by atoms with E-state index in [9.17, 15) is 9.90 Å². The number of rotatable bonds is 6. The number of hydrogen-bond acceptors (Lipinski definition) is 3. The summed E-state index contributed by atoms with van der Waals surface area (Å²) in [5, 5.41) is 9.21. The predicted octanol–water partition coefficient (Wildman–Crippen LogP) is 2.80. The van der Waals surface area contributed by atoms with Gasteiger partial charge in [-0.25, -0.2) is 4.79 Å². The van der Waals surface area contributed by atoms with Gasteiger partial charge in [0.05, 0.1) is 5.56 Å². The third-order valence-corrected chi connectivity index (χ3v) is 3.24. The van der Waals surface area contributed by atoms with Crippen LogP contribution in [0.1, 0.15) is 28.4 Å². The molecule has 0 fully saturated rings. The van der Waals surface area contributed by atoms with Crippen LogP contribution in [0.25, 0.3) is 0 Å². The standard InChI is InChI=1S/C16H18N2O2/c1-2-18(11-13-7-9-17-10-8-13)12-14-5-3-4-6-15(14)16(19)20/h3-10H,2,11-12H2,1H3,(H,19,20). The summed E-state index contributed by atoms with van der Waals surface area (Å²) in [6.45, 7) is 4.34. The number of pyridine rings is 1. The molecule has 0 saturated carbocycles. The zero-order valence-corrected chi connectivity index (χ0v) is 11.5. The van der Waals surface area contributed by atoms with Gasteiger partial charge in [0.2, 0.25) is 0 Å². The number of carboxylic acid groups (broad SMARTS) is 1. The monoisotopic (exact) mass is 270 g/mol. The van der Waals surface area contributed by atoms with E-state index in [-0.39, 0.29) is 0 Å². The Hall–Kier alpha value is -2.20. The third-order valence-electron chi connectivity index (χ3n) is 3.24. The highest BCUT2D eigenvalue weighted by molar-refractivity contribution is 5.89. The Kier molecular flexibility index (Phi) is 4.85. The highest BCUT2D eigenvalue weighted by atomic mass is 16.4. The first-order chi connectivity index (χ1) is 9.70. The van der Waals surface area contributed by atoms with Gasteiger partial charge in [0, 0.05) is 25.5 Å². The Morgan fingerprint density at radius 3 is 2.50 bits per heavy atom. The van der Waals surface area contributed by atoms with Gasteiger partial charge in [0.25, 0.3) is 0 Å². The normalized spacial score (nSPS) is 10.7. The van der Waals surface area contributed by atoms with E-state index in [0.717, 1.165) is 18.7 Å². The molecule has 2 aromatic rings. The van der Waals surface area contributed by atoms with Crippen LogP contribution >= 0.6 is 0 Å². The van der Waals surface area contributed by atoms with Gasteiger partial charge in [-0.1, -0.05) is 25.1 Å². The Morgan fingerprint density at radius 1 is 1.15 bits per heavy atom. The van der Waals surface area contributed by atoms with Crippen molar-refractivity contribution < 1.29 is 9.90 Å². The lowest BCUT2D eigenvalue weighted by atomic mass is 10.1. The summed E-state index contributed by atoms with van der Waals surface area (Å²) >= 11 is 0. The van der Waals surface area contributed by atoms with Crippen molar-refractivity contribution in [3.63, 3.8) is 0 Å². The molecule has 0 saturated heterocycles. The molecule has 0 aliphatic carbocycles. The van der Waals surface area contributed by atoms with Crippen molar-refractivity contribution in [1.82, 2.24) is 9.88 Å². The first kappa shape index (κ1) is 14.2. The molecule has 1 N–H and O–H groups in total. The van der Waals surface area contributed by atoms with E-state index in [1.54, 1.807) is 24.5 Å². The molecule has 1 heterocycles. The van der Waals surface area contributed by atoms with Gasteiger partial charge < -0.3 is 5.11 Å². The maximum Gasteiger partial charge on any atom is 0.336 e. The average molecular weight is 270 g/mol. The Bertz CT molecular complexity index is 570. The van der Waals surface area contributed by atoms with Gasteiger partial charge in [-0.05, 0) is 35.9 Å². The first-order valence-corrected chi connectivity index (χ1v) is 6.63. The largest absolute Gasteiger partial charge is 0.478 e. The molecule has 1 aromatic heterocycles. The molecule has 0 unspecified atom stereocenters. The lowest BCUT2D eigenvalue weighted by molar-refractivity contribution is 0.0694. The van der Waals surface area contributed by atoms with Crippen molar-refractivity contribution in [1.29, 1.82) is 0 Å². The highest BCUT2D eigenvalue weighted by Gasteiger charge is 2.12. The van der Waals surface area contributed by atoms with Crippen molar-refractivity contribution in [2.24, 2.45) is 0 Å². The van der Waals surface area contributed by atoms with Crippen LogP contribution in [0, 0.1) is 0 Å². The van der Waals surface area contributed by atoms with Crippen LogP contribution in [-0.2, 0) is 13.1 Å². The molecule has 104 valence electrons. The summed E-state index contributed by atoms with van der Waals surface area (Å²) in [6, 6.07) is 11.1. The second kappa shape index (κ2) is 6.82. The number of nitrogens with zero attached hydrogens (tertiary/aromatic N) is 2. The Morgan fingerprint density at radius 2 is 1.85 bits per heavy atom. The van der Waals surface area contributed by atoms with E-state index < -0.39 is 5.97 Å². The maximum atomic E-state index is 11.2. The zero-order chi connectivity index (χ0) is 14.4. The van der Waals surface area contributed by atoms with Crippen molar-refractivity contribution in [3.05, 3.63) is 65.5 Å². The van der Waals surface area contributed by atoms with E-state index in [1.807, 2.05) is 24.3 Å². The van der Waals surface area contributed by atoms with Gasteiger partial charge in [0.15, 0.2) is 0 Å². The van der Waals surface area contributed by atoms with Gasteiger partial charge in [0.1, 0.15) is 0 Å². The van der Waals surface area contributed by atoms with Crippen molar-refractivity contribution in [2.75, 3.05) is 6.54 Å². The second-order valence-electron chi connectivity index (χ2n) is 4.62. The minimum Gasteiger partial charge on any atom is -0.478 e. The topological polar surface area (TPSA) is 53.4 Å². The molecular formula is C16H18N2O2. The molecule has 2 rings (SSSR count). The SMILES string of the molecule is CCN(Cc1ccncc1)Cc1ccccc1C(=O)O. The molecule has 1 aromatic carbocycles. The molecule has 0 atom stereocenters. The fourth-order valence-electron chi connectivity index (χ4n) is 2.13. The van der Waals surface area contributed by atoms with E-state index in [0.29, 0.717) is 12.1 Å². The fourth-order valence-corrected chi connectivity index (χ4v) is 2.13. The predicted molar refractivity (Wildman–Crippen MR) is 77.4 cm³/mol. The van der Waals surface area contributed by atoms with Crippen LogP contribution in [0.4, 0.5) is 0 Å². The van der Waals surface area contributed by atoms with Crippen molar-refractivity contribution in [3.8, 4) is 0 Å². The minimum absolute atomic E-state index is 0.376. The summed E-state index contributed by atoms with van der Waals surface area (Å²) in [5.41, 5.74) is 2.39. The highest BCUT2D eigenvalue weighted by Crippen LogP contribution is 2.14. The summed E-state index contributed by atoms with van der Waals surface area (Å²) in [7, 11) is 0. The van der Waals surface area contributed by atoms with Crippen LogP contribution in [0.5, 0.6) is 0 Å². The third kappa shape index (κ3) is 3.65. The molecule has 0 radical (unpaired) electrons. The average Bonchev–Trinajstić information content (AvgIpc) is 2.48. The van der Waals surface area contributed by atoms with E-state index in [2.05, 4.69) is 16.8 Å². The molecule has 4 heteroatoms. The number of carbonyl (C=O) groups is 1. The number of carboxylic acids is 1. The van der Waals surface area contributed by atoms with Crippen molar-refractivity contribution >= 4 is 5.97 Å². The quantitative estimate of drug-likeness (QED) is 0.877. The van der Waals surface area contributed by atoms with E-state index >= 15 is 0 Å². The molecule has 0 amide bonds. The van der Waals surface area contributed by atoms with Gasteiger partial charge >= 0.3 is 5.97 Å². The van der Waals surface area contributed by atoms with Crippen LogP contribution in [0.3, 0.4) is 0 Å². The summed E-state index contributed by atoms with van der Waals surface area (Å²) in [6.07, 6.45) is 3.54. The number of hydrogen-bond donors (Lipinski definition) is 1. The molecule has 20 heavy (non-hydrogen) atoms. The molecule has 0 spiro atoms. The molecule has 4 nitrogen and oxygen atoms in total. The fraction of sp³-hybridized carbons (Fsp3) is 0.250. The van der Waals surface area contributed by atoms with Gasteiger partial charge in [-0.15, -0.1) is 0 Å². The molecule has 0 aliphatic heterocycles. The Balaban J connectivity index is 2.13. The lowest BCUT2D eigenvalue weighted by Crippen LogP contribution is -2.23. The summed E-state index contributed by atoms with van der Waals surface area (Å²) in [5.74, 6) is -0.874. The van der Waals surface area contributed by atoms with Crippen molar-refractivity contribution in [2.45, 2.75) is 20.0 Å². The summed E-state index contributed by atoms with van der Waals surface area (Å²) < 4.78 is 0. The van der Waals surface area contributed by atoms with Crippen LogP contribution < -0.4 is 0 Å². The van der Waals surface area contributed by atoms with Crippen LogP contribution in [0.15, 0.2) is 48.8 Å². The first-order valence-electron chi connectivity index (χ1n) is 6.63. The minimum atomic E-state index is -0.874. The smallest absolute Gasteiger partial charge is 0.336 e. The molecular weight excluding hydrogens is 252 g/mol. The number of aromatic nitrogens is 1. The van der Waals surface area contributed by atoms with Gasteiger partial charge in [-0.3, -0.25) is 9.88 Å². The van der Waals surface area contributed by atoms with E-state index in [1.165, 1.54) is 5.56 Å². The zero-order valence-electron chi connectivity index (χ0n) is 11.5. The van der Waals surface area contributed by atoms with E-state index in [4.69, 9.17) is 0 Å². The number of aromatic carboxylic acids is 1. The lowest BCUT2D eigenvalue weighted by Gasteiger charge is -2.21. The second-order valence-corrected chi connectivity index (χ2v) is 4.62. The maximum absolute atomic E-state index is 11.2. The van der Waals surface area contributed by atoms with Crippen LogP contribution in [-0.4, -0.2) is 27.5 Å². The molecule has 0 aliphatic rings. The number of benzene rings is 1. The molecule has 0 bridgehead atoms. The van der Waals surface area contributed by atoms with Crippen LogP contribution in [0.2, 0.25) is 0 Å². The van der Waals surface area contributed by atoms with Gasteiger partial charge in [-0.2, -0.15) is 0 Å².